The summed E-state index contributed by atoms with van der Waals surface area (Å²) in [4.78, 5) is 0. The van der Waals surface area contributed by atoms with Crippen molar-refractivity contribution in [1.29, 1.82) is 0 Å². The Bertz CT molecular complexity index is 251. The molecule has 0 unspecified atom stereocenters. The van der Waals surface area contributed by atoms with E-state index in [1.807, 2.05) is 13.0 Å². The van der Waals surface area contributed by atoms with Crippen LogP contribution in [0.2, 0.25) is 0 Å². The van der Waals surface area contributed by atoms with Gasteiger partial charge in [-0.2, -0.15) is 8.42 Å². The predicted molar refractivity (Wildman–Crippen MR) is 45.8 cm³/mol. The van der Waals surface area contributed by atoms with Crippen LogP contribution in [0.15, 0.2) is 24.5 Å². The van der Waals surface area contributed by atoms with Gasteiger partial charge in [-0.25, -0.2) is 0 Å². The highest BCUT2D eigenvalue weighted by molar-refractivity contribution is 7.81. The Labute approximate surface area is 72.5 Å². The van der Waals surface area contributed by atoms with Crippen LogP contribution in [0.25, 0.3) is 0 Å². The Morgan fingerprint density at radius 3 is 2.58 bits per heavy atom. The van der Waals surface area contributed by atoms with Crippen LogP contribution in [-0.2, 0) is 14.6 Å². The zero-order valence-corrected chi connectivity index (χ0v) is 7.62. The second-order valence-corrected chi connectivity index (χ2v) is 3.12. The van der Waals surface area contributed by atoms with Crippen LogP contribution in [0.5, 0.6) is 0 Å². The first-order chi connectivity index (χ1) is 5.56. The summed E-state index contributed by atoms with van der Waals surface area (Å²) in [5.41, 5.74) is 0. The van der Waals surface area contributed by atoms with E-state index in [1.54, 1.807) is 6.08 Å². The summed E-state index contributed by atoms with van der Waals surface area (Å²) in [6.07, 6.45) is 7.77. The van der Waals surface area contributed by atoms with Crippen LogP contribution in [0.1, 0.15) is 19.8 Å². The lowest BCUT2D eigenvalue weighted by Gasteiger charge is -1.89. The van der Waals surface area contributed by atoms with Gasteiger partial charge >= 0.3 is 10.4 Å². The molecule has 0 saturated carbocycles. The van der Waals surface area contributed by atoms with Gasteiger partial charge in [-0.15, -0.1) is 0 Å². The first kappa shape index (κ1) is 11.2. The van der Waals surface area contributed by atoms with Gasteiger partial charge in [0.1, 0.15) is 6.26 Å². The fraction of sp³-hybridized carbons (Fsp3) is 0.429. The third kappa shape index (κ3) is 9.19. The molecule has 0 bridgehead atoms. The fourth-order valence-electron chi connectivity index (χ4n) is 0.489. The van der Waals surface area contributed by atoms with Crippen molar-refractivity contribution in [3.8, 4) is 0 Å². The van der Waals surface area contributed by atoms with E-state index in [1.165, 1.54) is 6.08 Å². The Morgan fingerprint density at radius 2 is 2.08 bits per heavy atom. The molecule has 0 spiro atoms. The van der Waals surface area contributed by atoms with Crippen LogP contribution in [0.3, 0.4) is 0 Å². The van der Waals surface area contributed by atoms with E-state index in [-0.39, 0.29) is 0 Å². The average Bonchev–Trinajstić information content (AvgIpc) is 1.94. The van der Waals surface area contributed by atoms with Gasteiger partial charge in [0.05, 0.1) is 0 Å². The monoisotopic (exact) mass is 192 g/mol. The Hall–Kier alpha value is -0.810. The standard InChI is InChI=1S/C7H12O4S/c1-2-3-4-5-6-7-11-12(8,9)10/h4-7H,2-3H2,1H3,(H,8,9,10)/b5-4+,7-6+. The molecule has 0 fully saturated rings. The van der Waals surface area contributed by atoms with Gasteiger partial charge in [0.15, 0.2) is 0 Å². The van der Waals surface area contributed by atoms with Gasteiger partial charge in [0.2, 0.25) is 0 Å². The normalized spacial score (nSPS) is 12.8. The molecule has 0 amide bonds. The van der Waals surface area contributed by atoms with Crippen molar-refractivity contribution in [2.45, 2.75) is 19.8 Å². The van der Waals surface area contributed by atoms with Crippen molar-refractivity contribution in [3.63, 3.8) is 0 Å². The third-order valence-electron chi connectivity index (χ3n) is 0.958. The molecule has 0 atom stereocenters. The minimum atomic E-state index is -4.34. The minimum absolute atomic E-state index is 0.904. The summed E-state index contributed by atoms with van der Waals surface area (Å²) < 4.78 is 32.0. The molecule has 0 aromatic heterocycles. The Balaban J connectivity index is 3.64. The maximum absolute atomic E-state index is 9.98. The zero-order valence-electron chi connectivity index (χ0n) is 6.80. The van der Waals surface area contributed by atoms with Gasteiger partial charge in [-0.05, 0) is 12.5 Å². The Kier molecular flexibility index (Phi) is 5.40. The van der Waals surface area contributed by atoms with Crippen LogP contribution >= 0.6 is 0 Å². The van der Waals surface area contributed by atoms with E-state index in [9.17, 15) is 8.42 Å². The molecule has 0 rings (SSSR count). The van der Waals surface area contributed by atoms with Gasteiger partial charge in [-0.1, -0.05) is 25.5 Å². The number of unbranched alkanes of at least 4 members (excludes halogenated alkanes) is 1. The molecule has 0 aliphatic carbocycles. The lowest BCUT2D eigenvalue weighted by Crippen LogP contribution is -1.96. The summed E-state index contributed by atoms with van der Waals surface area (Å²) >= 11 is 0. The summed E-state index contributed by atoms with van der Waals surface area (Å²) in [5.74, 6) is 0. The lowest BCUT2D eigenvalue weighted by atomic mass is 10.3. The van der Waals surface area contributed by atoms with E-state index in [2.05, 4.69) is 4.18 Å². The molecule has 4 nitrogen and oxygen atoms in total. The Morgan fingerprint density at radius 1 is 1.42 bits per heavy atom. The third-order valence-corrected chi connectivity index (χ3v) is 1.31. The molecule has 0 radical (unpaired) electrons. The van der Waals surface area contributed by atoms with Crippen molar-refractivity contribution in [1.82, 2.24) is 0 Å². The van der Waals surface area contributed by atoms with E-state index >= 15 is 0 Å². The van der Waals surface area contributed by atoms with Crippen molar-refractivity contribution < 1.29 is 17.2 Å². The molecule has 0 aromatic carbocycles. The first-order valence-electron chi connectivity index (χ1n) is 3.53. The van der Waals surface area contributed by atoms with E-state index in [4.69, 9.17) is 4.55 Å². The smallest absolute Gasteiger partial charge is 0.370 e. The molecule has 12 heavy (non-hydrogen) atoms. The van der Waals surface area contributed by atoms with Crippen molar-refractivity contribution in [2.75, 3.05) is 0 Å². The number of hydrogen-bond donors (Lipinski definition) is 1. The zero-order chi connectivity index (χ0) is 9.45. The highest BCUT2D eigenvalue weighted by atomic mass is 32.3. The molecular weight excluding hydrogens is 180 g/mol. The quantitative estimate of drug-likeness (QED) is 0.409. The molecular formula is C7H12O4S. The molecule has 0 aromatic rings. The highest BCUT2D eigenvalue weighted by Crippen LogP contribution is 1.91. The molecule has 0 saturated heterocycles. The van der Waals surface area contributed by atoms with Gasteiger partial charge in [0.25, 0.3) is 0 Å². The van der Waals surface area contributed by atoms with Crippen LogP contribution in [0.4, 0.5) is 0 Å². The van der Waals surface area contributed by atoms with E-state index < -0.39 is 10.4 Å². The number of rotatable bonds is 5. The topological polar surface area (TPSA) is 63.6 Å². The minimum Gasteiger partial charge on any atom is -0.370 e. The van der Waals surface area contributed by atoms with E-state index in [0.717, 1.165) is 19.1 Å². The molecule has 0 aliphatic rings. The van der Waals surface area contributed by atoms with Crippen LogP contribution in [0, 0.1) is 0 Å². The predicted octanol–water partition coefficient (Wildman–Crippen LogP) is 1.68. The highest BCUT2D eigenvalue weighted by Gasteiger charge is 1.97. The van der Waals surface area contributed by atoms with Crippen molar-refractivity contribution in [3.05, 3.63) is 24.5 Å². The number of allylic oxidation sites excluding steroid dienone is 3. The van der Waals surface area contributed by atoms with Gasteiger partial charge in [-0.3, -0.25) is 4.55 Å². The SMILES string of the molecule is CCC/C=C/C=C/OS(=O)(=O)O. The maximum atomic E-state index is 9.98. The summed E-state index contributed by atoms with van der Waals surface area (Å²) in [7, 11) is -4.34. The van der Waals surface area contributed by atoms with Crippen LogP contribution in [-0.4, -0.2) is 13.0 Å². The second kappa shape index (κ2) is 5.79. The molecule has 0 aliphatic heterocycles. The maximum Gasteiger partial charge on any atom is 0.445 e. The lowest BCUT2D eigenvalue weighted by molar-refractivity contribution is 0.356. The van der Waals surface area contributed by atoms with Crippen molar-refractivity contribution in [2.24, 2.45) is 0 Å². The summed E-state index contributed by atoms with van der Waals surface area (Å²) in [5, 5.41) is 0. The molecule has 70 valence electrons. The molecule has 0 heterocycles. The fourth-order valence-corrected chi connectivity index (χ4v) is 0.694. The largest absolute Gasteiger partial charge is 0.445 e. The second-order valence-electron chi connectivity index (χ2n) is 2.07. The first-order valence-corrected chi connectivity index (χ1v) is 4.90. The van der Waals surface area contributed by atoms with Gasteiger partial charge in [0, 0.05) is 0 Å². The summed E-state index contributed by atoms with van der Waals surface area (Å²) in [6.45, 7) is 2.03. The number of hydrogen-bond acceptors (Lipinski definition) is 3. The van der Waals surface area contributed by atoms with E-state index in [0.29, 0.717) is 0 Å². The van der Waals surface area contributed by atoms with Gasteiger partial charge < -0.3 is 4.18 Å². The summed E-state index contributed by atoms with van der Waals surface area (Å²) in [6, 6.07) is 0. The average molecular weight is 192 g/mol. The van der Waals surface area contributed by atoms with Crippen molar-refractivity contribution >= 4 is 10.4 Å². The van der Waals surface area contributed by atoms with Crippen LogP contribution < -0.4 is 0 Å². The molecule has 1 N–H and O–H groups in total. The molecule has 5 heteroatoms.